The van der Waals surface area contributed by atoms with E-state index < -0.39 is 46.8 Å². The van der Waals surface area contributed by atoms with Crippen molar-refractivity contribution in [1.29, 1.82) is 0 Å². The standard InChI is InChI=1S/C15H16F3NO4/c1-13(2,3)23-12(22)19-8-4-5-10(16)9(6-8)14(11(20)21)7-15(14,17)18/h4-6H,7H2,1-3H3,(H,19,22)(H,20,21). The minimum atomic E-state index is -3.54. The molecule has 23 heavy (non-hydrogen) atoms. The number of ether oxygens (including phenoxy) is 1. The van der Waals surface area contributed by atoms with E-state index in [9.17, 15) is 22.8 Å². The van der Waals surface area contributed by atoms with E-state index in [-0.39, 0.29) is 5.69 Å². The molecule has 1 fully saturated rings. The number of carboxylic acids is 1. The van der Waals surface area contributed by atoms with Crippen molar-refractivity contribution < 1.29 is 32.6 Å². The molecule has 0 spiro atoms. The summed E-state index contributed by atoms with van der Waals surface area (Å²) in [7, 11) is 0. The predicted octanol–water partition coefficient (Wildman–Crippen LogP) is 3.53. The van der Waals surface area contributed by atoms with Gasteiger partial charge in [0, 0.05) is 17.7 Å². The number of carbonyl (C=O) groups excluding carboxylic acids is 1. The number of anilines is 1. The third kappa shape index (κ3) is 3.11. The largest absolute Gasteiger partial charge is 0.480 e. The lowest BCUT2D eigenvalue weighted by molar-refractivity contribution is -0.143. The second-order valence-electron chi connectivity index (χ2n) is 6.41. The van der Waals surface area contributed by atoms with Gasteiger partial charge in [-0.2, -0.15) is 0 Å². The molecule has 1 aromatic rings. The van der Waals surface area contributed by atoms with Crippen molar-refractivity contribution in [3.05, 3.63) is 29.6 Å². The van der Waals surface area contributed by atoms with Gasteiger partial charge in [0.1, 0.15) is 11.4 Å². The summed E-state index contributed by atoms with van der Waals surface area (Å²) in [6.45, 7) is 4.90. The van der Waals surface area contributed by atoms with Crippen molar-refractivity contribution in [3.63, 3.8) is 0 Å². The summed E-state index contributed by atoms with van der Waals surface area (Å²) in [5.74, 6) is -6.42. The summed E-state index contributed by atoms with van der Waals surface area (Å²) in [5, 5.41) is 11.4. The van der Waals surface area contributed by atoms with Crippen LogP contribution in [-0.2, 0) is 14.9 Å². The minimum Gasteiger partial charge on any atom is -0.480 e. The molecule has 0 aromatic heterocycles. The van der Waals surface area contributed by atoms with Gasteiger partial charge in [-0.25, -0.2) is 18.0 Å². The van der Waals surface area contributed by atoms with Crippen LogP contribution in [0.2, 0.25) is 0 Å². The zero-order chi connectivity index (χ0) is 17.6. The maximum absolute atomic E-state index is 13.9. The number of alkyl halides is 2. The molecule has 2 N–H and O–H groups in total. The van der Waals surface area contributed by atoms with Crippen molar-refractivity contribution in [2.75, 3.05) is 5.32 Å². The molecule has 0 saturated heterocycles. The van der Waals surface area contributed by atoms with E-state index in [1.54, 1.807) is 20.8 Å². The highest BCUT2D eigenvalue weighted by Gasteiger charge is 2.78. The van der Waals surface area contributed by atoms with E-state index >= 15 is 0 Å². The topological polar surface area (TPSA) is 75.6 Å². The quantitative estimate of drug-likeness (QED) is 0.888. The number of hydrogen-bond donors (Lipinski definition) is 2. The molecule has 5 nitrogen and oxygen atoms in total. The maximum Gasteiger partial charge on any atom is 0.412 e. The van der Waals surface area contributed by atoms with Crippen LogP contribution in [-0.4, -0.2) is 28.7 Å². The number of halogens is 3. The van der Waals surface area contributed by atoms with Gasteiger partial charge in [0.05, 0.1) is 0 Å². The molecule has 1 atom stereocenters. The molecule has 1 saturated carbocycles. The summed E-state index contributed by atoms with van der Waals surface area (Å²) in [4.78, 5) is 22.9. The summed E-state index contributed by atoms with van der Waals surface area (Å²) in [5.41, 5.74) is -4.07. The molecule has 0 bridgehead atoms. The first-order valence-electron chi connectivity index (χ1n) is 6.80. The molecule has 0 heterocycles. The molecular formula is C15H16F3NO4. The van der Waals surface area contributed by atoms with Gasteiger partial charge in [0.15, 0.2) is 5.41 Å². The second kappa shape index (κ2) is 5.14. The molecule has 126 valence electrons. The normalized spacial score (nSPS) is 22.3. The zero-order valence-corrected chi connectivity index (χ0v) is 12.7. The minimum absolute atomic E-state index is 0.0287. The lowest BCUT2D eigenvalue weighted by Crippen LogP contribution is -2.29. The average molecular weight is 331 g/mol. The first-order valence-corrected chi connectivity index (χ1v) is 6.80. The van der Waals surface area contributed by atoms with Crippen LogP contribution in [0.1, 0.15) is 32.8 Å². The van der Waals surface area contributed by atoms with Crippen LogP contribution in [0.25, 0.3) is 0 Å². The van der Waals surface area contributed by atoms with E-state index in [0.29, 0.717) is 0 Å². The third-order valence-corrected chi connectivity index (χ3v) is 3.42. The van der Waals surface area contributed by atoms with Gasteiger partial charge >= 0.3 is 12.1 Å². The van der Waals surface area contributed by atoms with Crippen LogP contribution in [0.15, 0.2) is 18.2 Å². The fraction of sp³-hybridized carbons (Fsp3) is 0.467. The zero-order valence-electron chi connectivity index (χ0n) is 12.7. The molecule has 1 unspecified atom stereocenters. The van der Waals surface area contributed by atoms with E-state index in [0.717, 1.165) is 18.2 Å². The van der Waals surface area contributed by atoms with Crippen LogP contribution >= 0.6 is 0 Å². The first kappa shape index (κ1) is 17.1. The van der Waals surface area contributed by atoms with Crippen molar-refractivity contribution >= 4 is 17.7 Å². The van der Waals surface area contributed by atoms with Crippen LogP contribution < -0.4 is 5.32 Å². The average Bonchev–Trinajstić information content (AvgIpc) is 2.94. The van der Waals surface area contributed by atoms with Crippen molar-refractivity contribution in [1.82, 2.24) is 0 Å². The van der Waals surface area contributed by atoms with Crippen molar-refractivity contribution in [3.8, 4) is 0 Å². The Morgan fingerprint density at radius 1 is 1.30 bits per heavy atom. The first-order chi connectivity index (χ1) is 10.4. The third-order valence-electron chi connectivity index (χ3n) is 3.42. The number of nitrogens with one attached hydrogen (secondary N) is 1. The Hall–Kier alpha value is -2.25. The summed E-state index contributed by atoms with van der Waals surface area (Å²) in [6, 6.07) is 2.87. The molecule has 1 aromatic carbocycles. The van der Waals surface area contributed by atoms with Gasteiger partial charge < -0.3 is 9.84 Å². The van der Waals surface area contributed by atoms with Gasteiger partial charge in [-0.05, 0) is 39.0 Å². The monoisotopic (exact) mass is 331 g/mol. The lowest BCUT2D eigenvalue weighted by Gasteiger charge is -2.20. The number of rotatable bonds is 3. The number of benzene rings is 1. The summed E-state index contributed by atoms with van der Waals surface area (Å²) >= 11 is 0. The molecule has 8 heteroatoms. The number of carboxylic acid groups (broad SMARTS) is 1. The SMILES string of the molecule is CC(C)(C)OC(=O)Nc1ccc(F)c(C2(C(=O)O)CC2(F)F)c1. The number of amides is 1. The molecular weight excluding hydrogens is 315 g/mol. The highest BCUT2D eigenvalue weighted by molar-refractivity contribution is 5.89. The Labute approximate surface area is 130 Å². The highest BCUT2D eigenvalue weighted by Crippen LogP contribution is 2.62. The Morgan fingerprint density at radius 3 is 2.30 bits per heavy atom. The Morgan fingerprint density at radius 2 is 1.87 bits per heavy atom. The van der Waals surface area contributed by atoms with Gasteiger partial charge in [0.25, 0.3) is 5.92 Å². The van der Waals surface area contributed by atoms with Gasteiger partial charge in [0.2, 0.25) is 0 Å². The fourth-order valence-corrected chi connectivity index (χ4v) is 2.28. The number of hydrogen-bond acceptors (Lipinski definition) is 3. The second-order valence-corrected chi connectivity index (χ2v) is 6.41. The van der Waals surface area contributed by atoms with E-state index in [1.807, 2.05) is 0 Å². The molecule has 0 radical (unpaired) electrons. The molecule has 2 rings (SSSR count). The molecule has 1 amide bonds. The number of aliphatic carboxylic acids is 1. The van der Waals surface area contributed by atoms with Gasteiger partial charge in [-0.1, -0.05) is 0 Å². The summed E-state index contributed by atoms with van der Waals surface area (Å²) in [6.07, 6.45) is -1.84. The summed E-state index contributed by atoms with van der Waals surface area (Å²) < 4.78 is 45.9. The Balaban J connectivity index is 2.31. The smallest absolute Gasteiger partial charge is 0.412 e. The predicted molar refractivity (Wildman–Crippen MR) is 75.1 cm³/mol. The maximum atomic E-state index is 13.9. The van der Waals surface area contributed by atoms with E-state index in [1.165, 1.54) is 0 Å². The van der Waals surface area contributed by atoms with Gasteiger partial charge in [-0.3, -0.25) is 10.1 Å². The molecule has 1 aliphatic carbocycles. The number of carbonyl (C=O) groups is 2. The molecule has 0 aliphatic heterocycles. The fourth-order valence-electron chi connectivity index (χ4n) is 2.28. The van der Waals surface area contributed by atoms with Crippen LogP contribution in [0.3, 0.4) is 0 Å². The van der Waals surface area contributed by atoms with Crippen molar-refractivity contribution in [2.24, 2.45) is 0 Å². The van der Waals surface area contributed by atoms with E-state index in [2.05, 4.69) is 5.32 Å². The Bertz CT molecular complexity index is 669. The van der Waals surface area contributed by atoms with E-state index in [4.69, 9.17) is 9.84 Å². The molecule has 1 aliphatic rings. The van der Waals surface area contributed by atoms with Crippen molar-refractivity contribution in [2.45, 2.75) is 44.1 Å². The Kier molecular flexibility index (Phi) is 3.82. The van der Waals surface area contributed by atoms with Crippen LogP contribution in [0.5, 0.6) is 0 Å². The van der Waals surface area contributed by atoms with Gasteiger partial charge in [-0.15, -0.1) is 0 Å². The van der Waals surface area contributed by atoms with Crippen LogP contribution in [0.4, 0.5) is 23.7 Å². The highest BCUT2D eigenvalue weighted by atomic mass is 19.3. The lowest BCUT2D eigenvalue weighted by atomic mass is 9.94. The van der Waals surface area contributed by atoms with Crippen LogP contribution in [0, 0.1) is 5.82 Å².